The van der Waals surface area contributed by atoms with Crippen LogP contribution in [0.15, 0.2) is 23.1 Å². The van der Waals surface area contributed by atoms with E-state index in [0.29, 0.717) is 11.3 Å². The van der Waals surface area contributed by atoms with Crippen LogP contribution in [0, 0.1) is 20.8 Å². The van der Waals surface area contributed by atoms with Crippen LogP contribution in [0.3, 0.4) is 0 Å². The van der Waals surface area contributed by atoms with Crippen LogP contribution in [0.2, 0.25) is 0 Å². The molecule has 1 aromatic heterocycles. The zero-order chi connectivity index (χ0) is 16.5. The molecule has 0 radical (unpaired) electrons. The zero-order valence-electron chi connectivity index (χ0n) is 13.4. The van der Waals surface area contributed by atoms with Crippen LogP contribution in [0.5, 0.6) is 5.75 Å². The lowest BCUT2D eigenvalue weighted by Gasteiger charge is -2.16. The molecule has 0 fully saturated rings. The van der Waals surface area contributed by atoms with Crippen molar-refractivity contribution in [2.75, 3.05) is 7.11 Å². The van der Waals surface area contributed by atoms with Crippen molar-refractivity contribution in [1.82, 2.24) is 14.9 Å². The summed E-state index contributed by atoms with van der Waals surface area (Å²) in [5.74, 6) is 0.631. The summed E-state index contributed by atoms with van der Waals surface area (Å²) >= 11 is 0. The second kappa shape index (κ2) is 6.10. The van der Waals surface area contributed by atoms with Crippen LogP contribution in [0.4, 0.5) is 0 Å². The molecule has 0 saturated heterocycles. The van der Waals surface area contributed by atoms with E-state index in [-0.39, 0.29) is 10.9 Å². The van der Waals surface area contributed by atoms with Gasteiger partial charge in [-0.3, -0.25) is 5.10 Å². The molecule has 0 spiro atoms. The van der Waals surface area contributed by atoms with Crippen molar-refractivity contribution in [3.8, 4) is 5.75 Å². The van der Waals surface area contributed by atoms with Crippen LogP contribution in [-0.4, -0.2) is 25.7 Å². The van der Waals surface area contributed by atoms with Crippen molar-refractivity contribution in [2.24, 2.45) is 0 Å². The number of aryl methyl sites for hydroxylation is 3. The number of rotatable bonds is 5. The Morgan fingerprint density at radius 1 is 1.27 bits per heavy atom. The monoisotopic (exact) mass is 323 g/mol. The molecule has 6 nitrogen and oxygen atoms in total. The number of hydrogen-bond donors (Lipinski definition) is 2. The molecule has 0 aliphatic rings. The van der Waals surface area contributed by atoms with Crippen LogP contribution in [0.1, 0.15) is 35.5 Å². The minimum absolute atomic E-state index is 0.249. The van der Waals surface area contributed by atoms with Crippen LogP contribution >= 0.6 is 0 Å². The molecule has 1 unspecified atom stereocenters. The Morgan fingerprint density at radius 2 is 1.95 bits per heavy atom. The van der Waals surface area contributed by atoms with Gasteiger partial charge in [0.15, 0.2) is 0 Å². The lowest BCUT2D eigenvalue weighted by molar-refractivity contribution is 0.414. The van der Waals surface area contributed by atoms with Gasteiger partial charge in [0.05, 0.1) is 17.7 Å². The van der Waals surface area contributed by atoms with Gasteiger partial charge in [0.1, 0.15) is 5.75 Å². The van der Waals surface area contributed by atoms with Crippen LogP contribution in [0.25, 0.3) is 0 Å². The number of nitrogens with one attached hydrogen (secondary N) is 2. The van der Waals surface area contributed by atoms with Gasteiger partial charge >= 0.3 is 0 Å². The van der Waals surface area contributed by atoms with E-state index in [1.807, 2.05) is 13.8 Å². The number of aromatic amines is 1. The minimum Gasteiger partial charge on any atom is -0.497 e. The molecular formula is C15H21N3O3S. The highest BCUT2D eigenvalue weighted by atomic mass is 32.2. The second-order valence-corrected chi connectivity index (χ2v) is 7.00. The first-order chi connectivity index (χ1) is 10.3. The van der Waals surface area contributed by atoms with Gasteiger partial charge in [-0.05, 0) is 51.5 Å². The third-order valence-corrected chi connectivity index (χ3v) is 5.32. The van der Waals surface area contributed by atoms with Crippen LogP contribution in [-0.2, 0) is 10.0 Å². The maximum atomic E-state index is 12.6. The van der Waals surface area contributed by atoms with Crippen molar-refractivity contribution in [2.45, 2.75) is 38.6 Å². The summed E-state index contributed by atoms with van der Waals surface area (Å²) in [6, 6.07) is 4.53. The fraction of sp³-hybridized carbons (Fsp3) is 0.400. The largest absolute Gasteiger partial charge is 0.497 e. The molecule has 0 amide bonds. The summed E-state index contributed by atoms with van der Waals surface area (Å²) in [5, 5.41) is 6.97. The molecule has 0 bridgehead atoms. The van der Waals surface area contributed by atoms with Crippen LogP contribution < -0.4 is 9.46 Å². The number of aromatic nitrogens is 2. The molecule has 2 N–H and O–H groups in total. The number of H-pyrrole nitrogens is 1. The third kappa shape index (κ3) is 3.15. The first-order valence-corrected chi connectivity index (χ1v) is 8.43. The van der Waals surface area contributed by atoms with Crippen molar-refractivity contribution in [3.63, 3.8) is 0 Å². The Kier molecular flexibility index (Phi) is 4.58. The summed E-state index contributed by atoms with van der Waals surface area (Å²) in [5.41, 5.74) is 3.16. The zero-order valence-corrected chi connectivity index (χ0v) is 14.2. The van der Waals surface area contributed by atoms with Gasteiger partial charge < -0.3 is 4.74 Å². The van der Waals surface area contributed by atoms with Gasteiger partial charge in [-0.2, -0.15) is 5.10 Å². The van der Waals surface area contributed by atoms with E-state index >= 15 is 0 Å². The van der Waals surface area contributed by atoms with Gasteiger partial charge in [-0.1, -0.05) is 0 Å². The van der Waals surface area contributed by atoms with E-state index < -0.39 is 10.0 Å². The smallest absolute Gasteiger partial charge is 0.241 e. The standard InChI is InChI=1S/C15H21N3O3S/c1-9-8-13(21-5)6-7-14(9)22(19,20)18-12(4)15-10(2)16-17-11(15)3/h6-8,12,18H,1-5H3,(H,16,17). The maximum Gasteiger partial charge on any atom is 0.241 e. The number of nitrogens with zero attached hydrogens (tertiary/aromatic N) is 1. The number of sulfonamides is 1. The fourth-order valence-electron chi connectivity index (χ4n) is 2.60. The van der Waals surface area contributed by atoms with Gasteiger partial charge in [-0.15, -0.1) is 0 Å². The van der Waals surface area contributed by atoms with Gasteiger partial charge in [-0.25, -0.2) is 13.1 Å². The van der Waals surface area contributed by atoms with Crippen molar-refractivity contribution >= 4 is 10.0 Å². The Hall–Kier alpha value is -1.86. The topological polar surface area (TPSA) is 84.1 Å². The second-order valence-electron chi connectivity index (χ2n) is 5.32. The predicted molar refractivity (Wildman–Crippen MR) is 84.5 cm³/mol. The molecular weight excluding hydrogens is 302 g/mol. The summed E-state index contributed by atoms with van der Waals surface area (Å²) in [6.45, 7) is 7.28. The highest BCUT2D eigenvalue weighted by Gasteiger charge is 2.23. The van der Waals surface area contributed by atoms with E-state index in [9.17, 15) is 8.42 Å². The Bertz CT molecular complexity index is 762. The Morgan fingerprint density at radius 3 is 2.45 bits per heavy atom. The Labute approximate surface area is 130 Å². The number of benzene rings is 1. The quantitative estimate of drug-likeness (QED) is 0.885. The summed E-state index contributed by atoms with van der Waals surface area (Å²) in [6.07, 6.45) is 0. The molecule has 7 heteroatoms. The summed E-state index contributed by atoms with van der Waals surface area (Å²) in [4.78, 5) is 0.249. The molecule has 2 aromatic rings. The van der Waals surface area contributed by atoms with Crippen molar-refractivity contribution in [3.05, 3.63) is 40.7 Å². The normalized spacial score (nSPS) is 13.1. The van der Waals surface area contributed by atoms with Gasteiger partial charge in [0, 0.05) is 17.3 Å². The van der Waals surface area contributed by atoms with E-state index in [4.69, 9.17) is 4.74 Å². The molecule has 0 aliphatic heterocycles. The number of hydrogen-bond acceptors (Lipinski definition) is 4. The molecule has 1 aromatic carbocycles. The van der Waals surface area contributed by atoms with E-state index in [1.54, 1.807) is 39.2 Å². The van der Waals surface area contributed by atoms with Gasteiger partial charge in [0.2, 0.25) is 10.0 Å². The third-order valence-electron chi connectivity index (χ3n) is 3.62. The molecule has 1 heterocycles. The highest BCUT2D eigenvalue weighted by Crippen LogP contribution is 2.24. The van der Waals surface area contributed by atoms with E-state index in [0.717, 1.165) is 17.0 Å². The Balaban J connectivity index is 2.32. The lowest BCUT2D eigenvalue weighted by atomic mass is 10.1. The fourth-order valence-corrected chi connectivity index (χ4v) is 4.04. The SMILES string of the molecule is COc1ccc(S(=O)(=O)NC(C)c2c(C)n[nH]c2C)c(C)c1. The number of methoxy groups -OCH3 is 1. The van der Waals surface area contributed by atoms with Gasteiger partial charge in [0.25, 0.3) is 0 Å². The average Bonchev–Trinajstić information content (AvgIpc) is 2.77. The predicted octanol–water partition coefficient (Wildman–Crippen LogP) is 2.38. The summed E-state index contributed by atoms with van der Waals surface area (Å²) < 4.78 is 33.0. The number of ether oxygens (including phenoxy) is 1. The van der Waals surface area contributed by atoms with E-state index in [1.165, 1.54) is 0 Å². The molecule has 22 heavy (non-hydrogen) atoms. The van der Waals surface area contributed by atoms with E-state index in [2.05, 4.69) is 14.9 Å². The van der Waals surface area contributed by atoms with Crippen molar-refractivity contribution in [1.29, 1.82) is 0 Å². The molecule has 120 valence electrons. The van der Waals surface area contributed by atoms with Crippen molar-refractivity contribution < 1.29 is 13.2 Å². The first-order valence-electron chi connectivity index (χ1n) is 6.94. The molecule has 0 aliphatic carbocycles. The maximum absolute atomic E-state index is 12.6. The summed E-state index contributed by atoms with van der Waals surface area (Å²) in [7, 11) is -2.07. The minimum atomic E-state index is -3.62. The molecule has 1 atom stereocenters. The first kappa shape index (κ1) is 16.5. The molecule has 0 saturated carbocycles. The highest BCUT2D eigenvalue weighted by molar-refractivity contribution is 7.89. The lowest BCUT2D eigenvalue weighted by Crippen LogP contribution is -2.28. The average molecular weight is 323 g/mol. The molecule has 2 rings (SSSR count).